The maximum absolute atomic E-state index is 12.5. The lowest BCUT2D eigenvalue weighted by atomic mass is 10.2. The number of hydrogen-bond donors (Lipinski definition) is 0. The molecule has 0 spiro atoms. The number of benzene rings is 2. The Bertz CT molecular complexity index is 819. The maximum Gasteiger partial charge on any atom is 0.338 e. The molecule has 0 aliphatic carbocycles. The van der Waals surface area contributed by atoms with Gasteiger partial charge in [-0.05, 0) is 30.3 Å². The Labute approximate surface area is 152 Å². The summed E-state index contributed by atoms with van der Waals surface area (Å²) in [5.41, 5.74) is 0.430. The summed E-state index contributed by atoms with van der Waals surface area (Å²) < 4.78 is 18.4. The number of para-hydroxylation sites is 1. The highest BCUT2D eigenvalue weighted by Crippen LogP contribution is 2.15. The fraction of sp³-hybridized carbons (Fsp3) is 0.200. The number of carbonyl (C=O) groups is 1. The fourth-order valence-corrected chi connectivity index (χ4v) is 2.43. The van der Waals surface area contributed by atoms with Crippen molar-refractivity contribution >= 4 is 5.97 Å². The van der Waals surface area contributed by atoms with E-state index in [0.29, 0.717) is 17.9 Å². The highest BCUT2D eigenvalue weighted by atomic mass is 16.6. The third-order valence-electron chi connectivity index (χ3n) is 3.73. The van der Waals surface area contributed by atoms with E-state index in [4.69, 9.17) is 14.2 Å². The van der Waals surface area contributed by atoms with Crippen molar-refractivity contribution in [3.05, 3.63) is 78.9 Å². The number of ether oxygens (including phenoxy) is 3. The van der Waals surface area contributed by atoms with Crippen LogP contribution in [0.2, 0.25) is 0 Å². The number of aromatic nitrogens is 2. The number of methoxy groups -OCH3 is 1. The maximum atomic E-state index is 12.5. The minimum Gasteiger partial charge on any atom is -0.497 e. The number of hydrogen-bond acceptors (Lipinski definition) is 5. The molecule has 26 heavy (non-hydrogen) atoms. The van der Waals surface area contributed by atoms with Gasteiger partial charge in [0.05, 0.1) is 25.5 Å². The van der Waals surface area contributed by atoms with Crippen molar-refractivity contribution in [1.29, 1.82) is 0 Å². The Kier molecular flexibility index (Phi) is 5.88. The van der Waals surface area contributed by atoms with Crippen LogP contribution in [0.5, 0.6) is 11.5 Å². The van der Waals surface area contributed by atoms with Crippen LogP contribution in [0.4, 0.5) is 0 Å². The van der Waals surface area contributed by atoms with Gasteiger partial charge in [-0.3, -0.25) is 0 Å². The molecule has 1 aromatic heterocycles. The molecule has 1 unspecified atom stereocenters. The van der Waals surface area contributed by atoms with Crippen molar-refractivity contribution in [2.75, 3.05) is 13.7 Å². The Morgan fingerprint density at radius 2 is 1.92 bits per heavy atom. The lowest BCUT2D eigenvalue weighted by Gasteiger charge is -2.19. The van der Waals surface area contributed by atoms with Crippen LogP contribution in [0.25, 0.3) is 0 Å². The highest BCUT2D eigenvalue weighted by Gasteiger charge is 2.18. The molecule has 0 N–H and O–H groups in total. The number of imidazole rings is 1. The average molecular weight is 352 g/mol. The monoisotopic (exact) mass is 352 g/mol. The zero-order chi connectivity index (χ0) is 18.2. The van der Waals surface area contributed by atoms with E-state index >= 15 is 0 Å². The SMILES string of the molecule is COc1cccc(C(=O)OC(COc2ccccc2)Cn2ccnc2)c1. The molecule has 2 aromatic carbocycles. The van der Waals surface area contributed by atoms with Crippen LogP contribution in [-0.2, 0) is 11.3 Å². The Hall–Kier alpha value is -3.28. The van der Waals surface area contributed by atoms with Crippen LogP contribution in [0.15, 0.2) is 73.3 Å². The molecule has 0 amide bonds. The lowest BCUT2D eigenvalue weighted by molar-refractivity contribution is 0.0124. The molecule has 0 bridgehead atoms. The van der Waals surface area contributed by atoms with Gasteiger partial charge in [0.1, 0.15) is 18.1 Å². The molecule has 3 aromatic rings. The second-order valence-corrected chi connectivity index (χ2v) is 5.64. The molecule has 134 valence electrons. The standard InChI is InChI=1S/C20H20N2O4/c1-24-18-9-5-6-16(12-18)20(23)26-19(13-22-11-10-21-15-22)14-25-17-7-3-2-4-8-17/h2-12,15,19H,13-14H2,1H3. The minimum atomic E-state index is -0.469. The third kappa shape index (κ3) is 4.86. The summed E-state index contributed by atoms with van der Waals surface area (Å²) in [6, 6.07) is 16.3. The van der Waals surface area contributed by atoms with Crippen LogP contribution in [0.3, 0.4) is 0 Å². The summed E-state index contributed by atoms with van der Waals surface area (Å²) >= 11 is 0. The summed E-state index contributed by atoms with van der Waals surface area (Å²) in [6.45, 7) is 0.681. The molecule has 1 heterocycles. The first-order valence-corrected chi connectivity index (χ1v) is 8.23. The summed E-state index contributed by atoms with van der Waals surface area (Å²) in [5, 5.41) is 0. The normalized spacial score (nSPS) is 11.6. The van der Waals surface area contributed by atoms with E-state index in [1.165, 1.54) is 0 Å². The smallest absolute Gasteiger partial charge is 0.338 e. The number of carbonyl (C=O) groups excluding carboxylic acids is 1. The van der Waals surface area contributed by atoms with Gasteiger partial charge in [0, 0.05) is 12.4 Å². The molecule has 0 aliphatic rings. The zero-order valence-corrected chi connectivity index (χ0v) is 14.4. The number of rotatable bonds is 8. The predicted octanol–water partition coefficient (Wildman–Crippen LogP) is 3.20. The van der Waals surface area contributed by atoms with Crippen molar-refractivity contribution in [1.82, 2.24) is 9.55 Å². The third-order valence-corrected chi connectivity index (χ3v) is 3.73. The first kappa shape index (κ1) is 17.5. The van der Waals surface area contributed by atoms with Gasteiger partial charge in [0.15, 0.2) is 6.10 Å². The van der Waals surface area contributed by atoms with Gasteiger partial charge < -0.3 is 18.8 Å². The summed E-state index contributed by atoms with van der Waals surface area (Å²) in [4.78, 5) is 16.5. The molecule has 6 heteroatoms. The molecular weight excluding hydrogens is 332 g/mol. The van der Waals surface area contributed by atoms with E-state index in [1.807, 2.05) is 41.1 Å². The first-order valence-electron chi connectivity index (χ1n) is 8.23. The van der Waals surface area contributed by atoms with E-state index in [1.54, 1.807) is 43.9 Å². The van der Waals surface area contributed by atoms with Gasteiger partial charge >= 0.3 is 5.97 Å². The van der Waals surface area contributed by atoms with E-state index in [-0.39, 0.29) is 6.61 Å². The quantitative estimate of drug-likeness (QED) is 0.583. The molecule has 0 fully saturated rings. The first-order chi connectivity index (χ1) is 12.7. The Balaban J connectivity index is 1.68. The topological polar surface area (TPSA) is 62.6 Å². The van der Waals surface area contributed by atoms with Crippen LogP contribution < -0.4 is 9.47 Å². The zero-order valence-electron chi connectivity index (χ0n) is 14.4. The minimum absolute atomic E-state index is 0.234. The average Bonchev–Trinajstić information content (AvgIpc) is 3.20. The van der Waals surface area contributed by atoms with E-state index in [2.05, 4.69) is 4.98 Å². The largest absolute Gasteiger partial charge is 0.497 e. The molecule has 1 atom stereocenters. The van der Waals surface area contributed by atoms with Crippen molar-refractivity contribution in [2.45, 2.75) is 12.6 Å². The molecule has 0 aliphatic heterocycles. The summed E-state index contributed by atoms with van der Waals surface area (Å²) in [7, 11) is 1.56. The molecular formula is C20H20N2O4. The van der Waals surface area contributed by atoms with Gasteiger partial charge in [-0.15, -0.1) is 0 Å². The van der Waals surface area contributed by atoms with Crippen molar-refractivity contribution in [2.24, 2.45) is 0 Å². The van der Waals surface area contributed by atoms with E-state index < -0.39 is 12.1 Å². The van der Waals surface area contributed by atoms with Crippen molar-refractivity contribution in [3.8, 4) is 11.5 Å². The number of esters is 1. The Morgan fingerprint density at radius 3 is 2.65 bits per heavy atom. The molecule has 3 rings (SSSR count). The molecule has 0 radical (unpaired) electrons. The summed E-state index contributed by atoms with van der Waals surface area (Å²) in [5.74, 6) is 0.900. The molecule has 0 saturated carbocycles. The van der Waals surface area contributed by atoms with Gasteiger partial charge in [0.25, 0.3) is 0 Å². The van der Waals surface area contributed by atoms with Gasteiger partial charge in [-0.1, -0.05) is 24.3 Å². The van der Waals surface area contributed by atoms with Crippen LogP contribution in [0, 0.1) is 0 Å². The van der Waals surface area contributed by atoms with Crippen molar-refractivity contribution in [3.63, 3.8) is 0 Å². The fourth-order valence-electron chi connectivity index (χ4n) is 2.43. The van der Waals surface area contributed by atoms with Gasteiger partial charge in [-0.2, -0.15) is 0 Å². The van der Waals surface area contributed by atoms with Crippen LogP contribution in [0.1, 0.15) is 10.4 Å². The van der Waals surface area contributed by atoms with Crippen molar-refractivity contribution < 1.29 is 19.0 Å². The van der Waals surface area contributed by atoms with E-state index in [0.717, 1.165) is 5.75 Å². The predicted molar refractivity (Wildman–Crippen MR) is 96.4 cm³/mol. The van der Waals surface area contributed by atoms with Gasteiger partial charge in [-0.25, -0.2) is 9.78 Å². The molecule has 6 nitrogen and oxygen atoms in total. The number of nitrogens with zero attached hydrogens (tertiary/aromatic N) is 2. The van der Waals surface area contributed by atoms with Crippen LogP contribution >= 0.6 is 0 Å². The summed E-state index contributed by atoms with van der Waals surface area (Å²) in [6.07, 6.45) is 4.70. The second kappa shape index (κ2) is 8.71. The lowest BCUT2D eigenvalue weighted by Crippen LogP contribution is -2.29. The Morgan fingerprint density at radius 1 is 1.12 bits per heavy atom. The van der Waals surface area contributed by atoms with Gasteiger partial charge in [0.2, 0.25) is 0 Å². The van der Waals surface area contributed by atoms with Crippen LogP contribution in [-0.4, -0.2) is 35.3 Å². The molecule has 0 saturated heterocycles. The van der Waals surface area contributed by atoms with E-state index in [9.17, 15) is 4.79 Å². The second-order valence-electron chi connectivity index (χ2n) is 5.64. The highest BCUT2D eigenvalue weighted by molar-refractivity contribution is 5.90.